The molecule has 3 aromatic carbocycles. The van der Waals surface area contributed by atoms with Crippen LogP contribution in [0.4, 0.5) is 18.9 Å². The molecule has 0 aliphatic carbocycles. The number of nitrogens with zero attached hydrogens (tertiary/aromatic N) is 2. The van der Waals surface area contributed by atoms with Gasteiger partial charge in [0, 0.05) is 43.5 Å². The average Bonchev–Trinajstić information content (AvgIpc) is 2.92. The molecule has 0 spiro atoms. The molecule has 1 amide bonds. The van der Waals surface area contributed by atoms with Crippen LogP contribution in [-0.2, 0) is 12.8 Å². The normalized spacial score (nSPS) is 14.4. The molecule has 6 nitrogen and oxygen atoms in total. The molecule has 0 radical (unpaired) electrons. The highest BCUT2D eigenvalue weighted by Gasteiger charge is 2.32. The van der Waals surface area contributed by atoms with Gasteiger partial charge in [-0.3, -0.25) is 4.79 Å². The van der Waals surface area contributed by atoms with Gasteiger partial charge in [-0.05, 0) is 74.2 Å². The zero-order chi connectivity index (χ0) is 30.2. The van der Waals surface area contributed by atoms with Gasteiger partial charge in [0.1, 0.15) is 17.2 Å². The number of carbonyl (C=O) groups excluding carboxylic acids is 1. The first kappa shape index (κ1) is 31.6. The molecule has 222 valence electrons. The van der Waals surface area contributed by atoms with Crippen molar-refractivity contribution in [2.45, 2.75) is 52.4 Å². The summed E-state index contributed by atoms with van der Waals surface area (Å²) in [5.41, 5.74) is 4.85. The zero-order valence-corrected chi connectivity index (χ0v) is 24.5. The highest BCUT2D eigenvalue weighted by Crippen LogP contribution is 2.40. The smallest absolute Gasteiger partial charge is 0.496 e. The number of fused-ring (bicyclic) bond motifs is 1. The van der Waals surface area contributed by atoms with Crippen molar-refractivity contribution < 1.29 is 32.2 Å². The molecule has 1 unspecified atom stereocenters. The monoisotopic (exact) mass is 572 g/mol. The Morgan fingerprint density at radius 1 is 1.02 bits per heavy atom. The number of rotatable bonds is 8. The van der Waals surface area contributed by atoms with Crippen LogP contribution in [-0.4, -0.2) is 51.5 Å². The Labute approximate surface area is 240 Å². The lowest BCUT2D eigenvalue weighted by Gasteiger charge is -2.36. The maximum Gasteiger partial charge on any atom is 0.573 e. The minimum Gasteiger partial charge on any atom is -0.496 e. The molecule has 4 rings (SSSR count). The van der Waals surface area contributed by atoms with Gasteiger partial charge in [0.05, 0.1) is 19.8 Å². The minimum atomic E-state index is -4.61. The molecule has 3 aromatic rings. The molecule has 0 fully saturated rings. The number of amides is 1. The van der Waals surface area contributed by atoms with Crippen molar-refractivity contribution >= 4 is 11.6 Å². The lowest BCUT2D eigenvalue weighted by molar-refractivity contribution is -0.274. The van der Waals surface area contributed by atoms with E-state index < -0.39 is 6.36 Å². The van der Waals surface area contributed by atoms with Gasteiger partial charge in [-0.1, -0.05) is 31.5 Å². The van der Waals surface area contributed by atoms with E-state index in [1.54, 1.807) is 19.2 Å². The summed E-state index contributed by atoms with van der Waals surface area (Å²) in [6, 6.07) is 17.8. The lowest BCUT2D eigenvalue weighted by atomic mass is 9.91. The van der Waals surface area contributed by atoms with E-state index in [1.165, 1.54) is 17.7 Å². The van der Waals surface area contributed by atoms with Crippen molar-refractivity contribution in [3.8, 4) is 17.2 Å². The van der Waals surface area contributed by atoms with Gasteiger partial charge in [0.15, 0.2) is 0 Å². The maximum absolute atomic E-state index is 13.2. The molecule has 0 saturated carbocycles. The Morgan fingerprint density at radius 3 is 2.39 bits per heavy atom. The summed E-state index contributed by atoms with van der Waals surface area (Å²) in [6.07, 6.45) is -2.16. The van der Waals surface area contributed by atoms with E-state index in [9.17, 15) is 18.0 Å². The Kier molecular flexibility index (Phi) is 10.9. The summed E-state index contributed by atoms with van der Waals surface area (Å²) in [4.78, 5) is 17.1. The van der Waals surface area contributed by atoms with Gasteiger partial charge in [0.25, 0.3) is 5.91 Å². The molecule has 9 heteroatoms. The minimum absolute atomic E-state index is 0.0489. The maximum atomic E-state index is 13.2. The van der Waals surface area contributed by atoms with Gasteiger partial charge in [-0.15, -0.1) is 13.2 Å². The highest BCUT2D eigenvalue weighted by atomic mass is 19.4. The van der Waals surface area contributed by atoms with Crippen molar-refractivity contribution in [2.24, 2.45) is 0 Å². The van der Waals surface area contributed by atoms with E-state index in [-0.39, 0.29) is 17.7 Å². The second kappa shape index (κ2) is 14.1. The van der Waals surface area contributed by atoms with E-state index >= 15 is 0 Å². The summed E-state index contributed by atoms with van der Waals surface area (Å²) in [5.74, 6) is 1.50. The molecule has 1 atom stereocenters. The molecule has 1 aliphatic rings. The summed E-state index contributed by atoms with van der Waals surface area (Å²) < 4.78 is 50.6. The fraction of sp³-hybridized carbons (Fsp3) is 0.406. The predicted molar refractivity (Wildman–Crippen MR) is 155 cm³/mol. The van der Waals surface area contributed by atoms with Crippen LogP contribution in [0.5, 0.6) is 17.2 Å². The number of carbonyl (C=O) groups is 1. The van der Waals surface area contributed by atoms with Gasteiger partial charge in [0.2, 0.25) is 0 Å². The third-order valence-corrected chi connectivity index (χ3v) is 6.78. The number of ether oxygens (including phenoxy) is 3. The largest absolute Gasteiger partial charge is 0.573 e. The van der Waals surface area contributed by atoms with E-state index in [1.807, 2.05) is 68.1 Å². The van der Waals surface area contributed by atoms with Crippen LogP contribution in [0, 0.1) is 0 Å². The van der Waals surface area contributed by atoms with Crippen LogP contribution in [0.3, 0.4) is 0 Å². The second-order valence-electron chi connectivity index (χ2n) is 9.95. The average molecular weight is 573 g/mol. The third kappa shape index (κ3) is 8.55. The number of hydrogen-bond donors (Lipinski definition) is 0. The highest BCUT2D eigenvalue weighted by molar-refractivity contribution is 5.95. The Bertz CT molecular complexity index is 1290. The van der Waals surface area contributed by atoms with Gasteiger partial charge in [-0.25, -0.2) is 0 Å². The van der Waals surface area contributed by atoms with Gasteiger partial charge < -0.3 is 24.0 Å². The Morgan fingerprint density at radius 2 is 1.76 bits per heavy atom. The van der Waals surface area contributed by atoms with Gasteiger partial charge >= 0.3 is 6.36 Å². The molecule has 0 N–H and O–H groups in total. The number of benzene rings is 3. The van der Waals surface area contributed by atoms with Crippen LogP contribution >= 0.6 is 0 Å². The van der Waals surface area contributed by atoms with Crippen molar-refractivity contribution in [1.82, 2.24) is 4.90 Å². The number of aryl methyl sites for hydroxylation is 1. The fourth-order valence-electron chi connectivity index (χ4n) is 4.89. The van der Waals surface area contributed by atoms with Gasteiger partial charge in [-0.2, -0.15) is 0 Å². The van der Waals surface area contributed by atoms with Crippen molar-refractivity contribution in [1.29, 1.82) is 0 Å². The number of anilines is 1. The molecular weight excluding hydrogens is 533 g/mol. The number of hydrogen-bond acceptors (Lipinski definition) is 5. The first-order valence-electron chi connectivity index (χ1n) is 13.7. The first-order chi connectivity index (χ1) is 19.5. The quantitative estimate of drug-likeness (QED) is 0.281. The summed E-state index contributed by atoms with van der Waals surface area (Å²) in [7, 11) is 5.62. The van der Waals surface area contributed by atoms with E-state index in [2.05, 4.69) is 17.7 Å². The Hall–Kier alpha value is -3.88. The molecule has 0 bridgehead atoms. The van der Waals surface area contributed by atoms with Crippen molar-refractivity contribution in [2.75, 3.05) is 39.3 Å². The Balaban J connectivity index is 0.000000278. The number of halogens is 3. The number of methoxy groups -OCH3 is 1. The standard InChI is InChI=1S/C22H28N2O3.C10H11F3O/c1-6-27-19-13-16-10-11-24(15(2)21(16)20(14-19)26-5)22(25)17-8-7-9-18(12-17)23(3)4;1-2-4-8-5-3-6-9(7-8)14-10(11,12)13/h7-9,12-15H,6,10-11H2,1-5H3;3,5-7H,2,4H2,1H3. The first-order valence-corrected chi connectivity index (χ1v) is 13.7. The third-order valence-electron chi connectivity index (χ3n) is 6.78. The van der Waals surface area contributed by atoms with E-state index in [0.29, 0.717) is 18.7 Å². The van der Waals surface area contributed by atoms with Crippen molar-refractivity contribution in [3.63, 3.8) is 0 Å². The van der Waals surface area contributed by atoms with Crippen LogP contribution < -0.4 is 19.1 Å². The SMILES string of the molecule is CCCc1cccc(OC(F)(F)F)c1.CCOc1cc2c(c(OC)c1)C(C)N(C(=O)c1cccc(N(C)C)c1)CC2. The molecular formula is C32H39F3N2O4. The predicted octanol–water partition coefficient (Wildman–Crippen LogP) is 7.46. The van der Waals surface area contributed by atoms with E-state index in [4.69, 9.17) is 9.47 Å². The van der Waals surface area contributed by atoms with Crippen LogP contribution in [0.1, 0.15) is 60.3 Å². The molecule has 1 heterocycles. The molecule has 0 saturated heterocycles. The molecule has 41 heavy (non-hydrogen) atoms. The number of alkyl halides is 3. The lowest BCUT2D eigenvalue weighted by Crippen LogP contribution is -2.39. The molecule has 1 aliphatic heterocycles. The topological polar surface area (TPSA) is 51.2 Å². The van der Waals surface area contributed by atoms with Crippen LogP contribution in [0.15, 0.2) is 60.7 Å². The zero-order valence-electron chi connectivity index (χ0n) is 24.5. The summed E-state index contributed by atoms with van der Waals surface area (Å²) in [6.45, 7) is 7.30. The van der Waals surface area contributed by atoms with Crippen LogP contribution in [0.2, 0.25) is 0 Å². The molecule has 0 aromatic heterocycles. The summed E-state index contributed by atoms with van der Waals surface area (Å²) >= 11 is 0. The van der Waals surface area contributed by atoms with Crippen LogP contribution in [0.25, 0.3) is 0 Å². The second-order valence-corrected chi connectivity index (χ2v) is 9.95. The van der Waals surface area contributed by atoms with E-state index in [0.717, 1.165) is 47.6 Å². The fourth-order valence-corrected chi connectivity index (χ4v) is 4.89. The summed E-state index contributed by atoms with van der Waals surface area (Å²) in [5, 5.41) is 0. The van der Waals surface area contributed by atoms with Crippen molar-refractivity contribution in [3.05, 3.63) is 82.9 Å².